The van der Waals surface area contributed by atoms with Gasteiger partial charge in [-0.3, -0.25) is 9.69 Å². The van der Waals surface area contributed by atoms with Gasteiger partial charge in [0.25, 0.3) is 5.91 Å². The van der Waals surface area contributed by atoms with E-state index in [0.717, 1.165) is 0 Å². The van der Waals surface area contributed by atoms with Crippen LogP contribution in [0, 0.1) is 0 Å². The molecule has 0 radical (unpaired) electrons. The quantitative estimate of drug-likeness (QED) is 0.793. The van der Waals surface area contributed by atoms with E-state index in [1.165, 1.54) is 11.2 Å². The van der Waals surface area contributed by atoms with Crippen LogP contribution in [0.15, 0.2) is 47.1 Å². The summed E-state index contributed by atoms with van der Waals surface area (Å²) in [5, 5.41) is 0. The minimum absolute atomic E-state index is 0.179. The lowest BCUT2D eigenvalue weighted by atomic mass is 10.1. The Hall–Kier alpha value is -2.76. The van der Waals surface area contributed by atoms with Gasteiger partial charge in [0.2, 0.25) is 0 Å². The van der Waals surface area contributed by atoms with E-state index in [9.17, 15) is 9.59 Å². The first-order valence-corrected chi connectivity index (χ1v) is 7.47. The average Bonchev–Trinajstić information content (AvgIpc) is 3.22. The number of benzene rings is 1. The van der Waals surface area contributed by atoms with E-state index in [-0.39, 0.29) is 11.7 Å². The summed E-state index contributed by atoms with van der Waals surface area (Å²) in [5.74, 6) is 0.107. The molecule has 1 atom stereocenters. The van der Waals surface area contributed by atoms with Crippen molar-refractivity contribution in [2.75, 3.05) is 18.1 Å². The molecule has 1 unspecified atom stereocenters. The summed E-state index contributed by atoms with van der Waals surface area (Å²) >= 11 is 0. The predicted molar refractivity (Wildman–Crippen MR) is 82.5 cm³/mol. The third-order valence-corrected chi connectivity index (χ3v) is 3.60. The van der Waals surface area contributed by atoms with E-state index in [0.29, 0.717) is 31.1 Å². The number of carbonyl (C=O) groups is 2. The maximum absolute atomic E-state index is 12.7. The lowest BCUT2D eigenvalue weighted by Gasteiger charge is -2.25. The Morgan fingerprint density at radius 2 is 2.09 bits per heavy atom. The van der Waals surface area contributed by atoms with E-state index in [1.807, 2.05) is 6.92 Å². The summed E-state index contributed by atoms with van der Waals surface area (Å²) in [6.45, 7) is 2.76. The molecule has 1 saturated heterocycles. The number of amides is 1. The molecule has 0 aliphatic carbocycles. The predicted octanol–water partition coefficient (Wildman–Crippen LogP) is 2.64. The Morgan fingerprint density at radius 1 is 1.30 bits per heavy atom. The molecular formula is C17H17NO5. The zero-order valence-corrected chi connectivity index (χ0v) is 12.7. The maximum Gasteiger partial charge on any atom is 0.329 e. The van der Waals surface area contributed by atoms with Crippen LogP contribution in [0.2, 0.25) is 0 Å². The molecule has 1 amide bonds. The van der Waals surface area contributed by atoms with E-state index in [1.54, 1.807) is 36.4 Å². The Balaban J connectivity index is 1.94. The maximum atomic E-state index is 12.7. The molecule has 0 bridgehead atoms. The molecule has 1 aromatic carbocycles. The van der Waals surface area contributed by atoms with Crippen LogP contribution in [0.1, 0.15) is 23.9 Å². The van der Waals surface area contributed by atoms with Crippen molar-refractivity contribution in [3.8, 4) is 5.75 Å². The zero-order valence-electron chi connectivity index (χ0n) is 12.7. The van der Waals surface area contributed by atoms with Gasteiger partial charge in [-0.05, 0) is 43.3 Å². The third kappa shape index (κ3) is 3.06. The molecule has 2 aromatic rings. The molecular weight excluding hydrogens is 298 g/mol. The highest BCUT2D eigenvalue weighted by molar-refractivity contribution is 6.08. The molecule has 0 saturated carbocycles. The van der Waals surface area contributed by atoms with Gasteiger partial charge in [-0.2, -0.15) is 0 Å². The normalized spacial score (nSPS) is 16.9. The van der Waals surface area contributed by atoms with Crippen molar-refractivity contribution >= 4 is 17.6 Å². The SMILES string of the molecule is CCOc1ccc(N(C(=O)c2ccco2)C2CCOC2=O)cc1. The number of esters is 1. The van der Waals surface area contributed by atoms with Gasteiger partial charge in [-0.25, -0.2) is 4.79 Å². The topological polar surface area (TPSA) is 69.0 Å². The molecule has 3 rings (SSSR count). The fourth-order valence-corrected chi connectivity index (χ4v) is 2.55. The van der Waals surface area contributed by atoms with Crippen molar-refractivity contribution in [2.45, 2.75) is 19.4 Å². The van der Waals surface area contributed by atoms with Gasteiger partial charge >= 0.3 is 5.97 Å². The van der Waals surface area contributed by atoms with E-state index in [2.05, 4.69) is 0 Å². The van der Waals surface area contributed by atoms with Gasteiger partial charge in [0, 0.05) is 12.1 Å². The largest absolute Gasteiger partial charge is 0.494 e. The summed E-state index contributed by atoms with van der Waals surface area (Å²) in [4.78, 5) is 26.1. The van der Waals surface area contributed by atoms with Gasteiger partial charge in [0.15, 0.2) is 5.76 Å². The standard InChI is InChI=1S/C17H17NO5/c1-2-21-13-7-5-12(6-8-13)18(14-9-11-23-17(14)20)16(19)15-4-3-10-22-15/h3-8,10,14H,2,9,11H2,1H3. The minimum atomic E-state index is -0.648. The van der Waals surface area contributed by atoms with Gasteiger partial charge in [0.1, 0.15) is 11.8 Å². The molecule has 2 heterocycles. The molecule has 23 heavy (non-hydrogen) atoms. The van der Waals surface area contributed by atoms with E-state index in [4.69, 9.17) is 13.9 Å². The Morgan fingerprint density at radius 3 is 2.65 bits per heavy atom. The highest BCUT2D eigenvalue weighted by Gasteiger charge is 2.37. The number of anilines is 1. The second-order valence-corrected chi connectivity index (χ2v) is 5.05. The van der Waals surface area contributed by atoms with Crippen LogP contribution in [0.25, 0.3) is 0 Å². The number of furan rings is 1. The van der Waals surface area contributed by atoms with Crippen molar-refractivity contribution in [2.24, 2.45) is 0 Å². The Bertz CT molecular complexity index is 678. The second kappa shape index (κ2) is 6.56. The monoisotopic (exact) mass is 315 g/mol. The third-order valence-electron chi connectivity index (χ3n) is 3.60. The van der Waals surface area contributed by atoms with Crippen LogP contribution in [-0.4, -0.2) is 31.1 Å². The summed E-state index contributed by atoms with van der Waals surface area (Å²) in [6, 6.07) is 9.59. The molecule has 120 valence electrons. The fraction of sp³-hybridized carbons (Fsp3) is 0.294. The Labute approximate surface area is 133 Å². The second-order valence-electron chi connectivity index (χ2n) is 5.05. The fourth-order valence-electron chi connectivity index (χ4n) is 2.55. The highest BCUT2D eigenvalue weighted by Crippen LogP contribution is 2.27. The summed E-state index contributed by atoms with van der Waals surface area (Å²) < 4.78 is 15.6. The molecule has 6 nitrogen and oxygen atoms in total. The minimum Gasteiger partial charge on any atom is -0.494 e. The molecule has 0 spiro atoms. The number of carbonyl (C=O) groups excluding carboxylic acids is 2. The van der Waals surface area contributed by atoms with Crippen molar-refractivity contribution in [3.63, 3.8) is 0 Å². The van der Waals surface area contributed by atoms with Crippen molar-refractivity contribution in [3.05, 3.63) is 48.4 Å². The van der Waals surface area contributed by atoms with E-state index >= 15 is 0 Å². The van der Waals surface area contributed by atoms with Gasteiger partial charge in [-0.15, -0.1) is 0 Å². The lowest BCUT2D eigenvalue weighted by molar-refractivity contribution is -0.139. The molecule has 1 aromatic heterocycles. The van der Waals surface area contributed by atoms with Crippen LogP contribution in [0.5, 0.6) is 5.75 Å². The first-order valence-electron chi connectivity index (χ1n) is 7.47. The average molecular weight is 315 g/mol. The summed E-state index contributed by atoms with van der Waals surface area (Å²) in [6.07, 6.45) is 1.88. The number of cyclic esters (lactones) is 1. The lowest BCUT2D eigenvalue weighted by Crippen LogP contribution is -2.43. The van der Waals surface area contributed by atoms with Gasteiger partial charge in [-0.1, -0.05) is 0 Å². The van der Waals surface area contributed by atoms with Crippen LogP contribution in [0.4, 0.5) is 5.69 Å². The smallest absolute Gasteiger partial charge is 0.329 e. The van der Waals surface area contributed by atoms with Crippen molar-refractivity contribution in [1.82, 2.24) is 0 Å². The highest BCUT2D eigenvalue weighted by atomic mass is 16.5. The summed E-state index contributed by atoms with van der Waals surface area (Å²) in [5.41, 5.74) is 0.596. The van der Waals surface area contributed by atoms with Crippen LogP contribution < -0.4 is 9.64 Å². The molecule has 6 heteroatoms. The van der Waals surface area contributed by atoms with Crippen LogP contribution in [0.3, 0.4) is 0 Å². The van der Waals surface area contributed by atoms with E-state index < -0.39 is 12.0 Å². The molecule has 1 aliphatic heterocycles. The van der Waals surface area contributed by atoms with Crippen molar-refractivity contribution < 1.29 is 23.5 Å². The zero-order chi connectivity index (χ0) is 16.2. The number of hydrogen-bond donors (Lipinski definition) is 0. The number of ether oxygens (including phenoxy) is 2. The van der Waals surface area contributed by atoms with Crippen molar-refractivity contribution in [1.29, 1.82) is 0 Å². The van der Waals surface area contributed by atoms with Crippen LogP contribution >= 0.6 is 0 Å². The first kappa shape index (κ1) is 15.1. The molecule has 1 fully saturated rings. The Kier molecular flexibility index (Phi) is 4.32. The number of nitrogens with zero attached hydrogens (tertiary/aromatic N) is 1. The molecule has 1 aliphatic rings. The first-order chi connectivity index (χ1) is 11.2. The number of rotatable bonds is 5. The molecule has 0 N–H and O–H groups in total. The summed E-state index contributed by atoms with van der Waals surface area (Å²) in [7, 11) is 0. The number of hydrogen-bond acceptors (Lipinski definition) is 5. The van der Waals surface area contributed by atoms with Gasteiger partial charge in [0.05, 0.1) is 19.5 Å². The van der Waals surface area contributed by atoms with Gasteiger partial charge < -0.3 is 13.9 Å². The van der Waals surface area contributed by atoms with Crippen LogP contribution in [-0.2, 0) is 9.53 Å².